The Bertz CT molecular complexity index is 346. The predicted octanol–water partition coefficient (Wildman–Crippen LogP) is 1.31. The number of nitrogens with one attached hydrogen (secondary N) is 1. The van der Waals surface area contributed by atoms with Crippen LogP contribution in [0, 0.1) is 0 Å². The molecule has 0 saturated carbocycles. The quantitative estimate of drug-likeness (QED) is 0.712. The third kappa shape index (κ3) is 3.62. The van der Waals surface area contributed by atoms with E-state index >= 15 is 0 Å². The molecule has 15 heavy (non-hydrogen) atoms. The number of hydrogen-bond donors (Lipinski definition) is 3. The molecule has 4 nitrogen and oxygen atoms in total. The van der Waals surface area contributed by atoms with E-state index < -0.39 is 5.97 Å². The van der Waals surface area contributed by atoms with Crippen LogP contribution in [0.4, 0.5) is 0 Å². The summed E-state index contributed by atoms with van der Waals surface area (Å²) < 4.78 is 0. The van der Waals surface area contributed by atoms with Gasteiger partial charge >= 0.3 is 5.97 Å². The number of aliphatic hydroxyl groups excluding tert-OH is 1. The standard InChI is InChI=1S/C10H15NO3S/c1-10(2,6-12)11-4-8-3-7(5-15-8)9(13)14/h3,5,11-12H,4,6H2,1-2H3,(H,13,14). The van der Waals surface area contributed by atoms with Gasteiger partial charge in [-0.25, -0.2) is 4.79 Å². The molecule has 0 aliphatic rings. The van der Waals surface area contributed by atoms with Gasteiger partial charge in [0.25, 0.3) is 0 Å². The molecule has 0 radical (unpaired) electrons. The summed E-state index contributed by atoms with van der Waals surface area (Å²) in [7, 11) is 0. The van der Waals surface area contributed by atoms with Gasteiger partial charge in [-0.2, -0.15) is 0 Å². The summed E-state index contributed by atoms with van der Waals surface area (Å²) in [6, 6.07) is 1.65. The molecule has 1 aromatic heterocycles. The first-order valence-corrected chi connectivity index (χ1v) is 5.49. The molecule has 0 atom stereocenters. The topological polar surface area (TPSA) is 69.6 Å². The van der Waals surface area contributed by atoms with Crippen molar-refractivity contribution in [3.8, 4) is 0 Å². The van der Waals surface area contributed by atoms with Crippen molar-refractivity contribution >= 4 is 17.3 Å². The van der Waals surface area contributed by atoms with Crippen LogP contribution in [0.3, 0.4) is 0 Å². The van der Waals surface area contributed by atoms with Crippen molar-refractivity contribution in [2.75, 3.05) is 6.61 Å². The highest BCUT2D eigenvalue weighted by atomic mass is 32.1. The summed E-state index contributed by atoms with van der Waals surface area (Å²) in [5.41, 5.74) is -0.0218. The SMILES string of the molecule is CC(C)(CO)NCc1cc(C(=O)O)cs1. The summed E-state index contributed by atoms with van der Waals surface area (Å²) in [4.78, 5) is 11.6. The minimum atomic E-state index is -0.904. The van der Waals surface area contributed by atoms with Crippen molar-refractivity contribution in [2.45, 2.75) is 25.9 Å². The Hall–Kier alpha value is -0.910. The largest absolute Gasteiger partial charge is 0.478 e. The molecule has 0 spiro atoms. The van der Waals surface area contributed by atoms with Gasteiger partial charge in [-0.1, -0.05) is 0 Å². The summed E-state index contributed by atoms with van der Waals surface area (Å²) in [6.45, 7) is 4.40. The Kier molecular flexibility index (Phi) is 3.84. The molecule has 0 amide bonds. The Balaban J connectivity index is 2.55. The molecule has 3 N–H and O–H groups in total. The van der Waals surface area contributed by atoms with Gasteiger partial charge in [0.05, 0.1) is 12.2 Å². The normalized spacial score (nSPS) is 11.7. The van der Waals surface area contributed by atoms with Crippen LogP contribution in [0.25, 0.3) is 0 Å². The first-order chi connectivity index (χ1) is 6.94. The number of carboxylic acid groups (broad SMARTS) is 1. The van der Waals surface area contributed by atoms with Gasteiger partial charge in [0, 0.05) is 22.3 Å². The van der Waals surface area contributed by atoms with E-state index in [-0.39, 0.29) is 12.1 Å². The second-order valence-corrected chi connectivity index (χ2v) is 5.00. The number of thiophene rings is 1. The van der Waals surface area contributed by atoms with E-state index in [1.807, 2.05) is 13.8 Å². The van der Waals surface area contributed by atoms with E-state index in [4.69, 9.17) is 10.2 Å². The van der Waals surface area contributed by atoms with Crippen LogP contribution >= 0.6 is 11.3 Å². The maximum Gasteiger partial charge on any atom is 0.336 e. The average Bonchev–Trinajstić information content (AvgIpc) is 2.63. The first kappa shape index (κ1) is 12.2. The minimum Gasteiger partial charge on any atom is -0.478 e. The highest BCUT2D eigenvalue weighted by molar-refractivity contribution is 7.10. The number of aromatic carboxylic acids is 1. The second kappa shape index (κ2) is 4.74. The fourth-order valence-electron chi connectivity index (χ4n) is 0.968. The Labute approximate surface area is 92.6 Å². The molecule has 0 bridgehead atoms. The molecule has 0 saturated heterocycles. The smallest absolute Gasteiger partial charge is 0.336 e. The fourth-order valence-corrected chi connectivity index (χ4v) is 1.77. The van der Waals surface area contributed by atoms with Crippen LogP contribution < -0.4 is 5.32 Å². The molecule has 0 unspecified atom stereocenters. The van der Waals surface area contributed by atoms with Crippen LogP contribution in [0.15, 0.2) is 11.4 Å². The molecule has 5 heteroatoms. The van der Waals surface area contributed by atoms with E-state index in [0.29, 0.717) is 12.1 Å². The number of aliphatic hydroxyl groups is 1. The highest BCUT2D eigenvalue weighted by Gasteiger charge is 2.15. The average molecular weight is 229 g/mol. The summed E-state index contributed by atoms with van der Waals surface area (Å²) in [5, 5.41) is 22.5. The zero-order chi connectivity index (χ0) is 11.5. The van der Waals surface area contributed by atoms with Crippen molar-refractivity contribution in [1.82, 2.24) is 5.32 Å². The van der Waals surface area contributed by atoms with Crippen molar-refractivity contribution in [1.29, 1.82) is 0 Å². The van der Waals surface area contributed by atoms with Crippen LogP contribution in [0.5, 0.6) is 0 Å². The lowest BCUT2D eigenvalue weighted by molar-refractivity contribution is 0.0697. The van der Waals surface area contributed by atoms with Crippen LogP contribution in [0.1, 0.15) is 29.1 Å². The lowest BCUT2D eigenvalue weighted by Crippen LogP contribution is -2.41. The molecular formula is C10H15NO3S. The van der Waals surface area contributed by atoms with Gasteiger partial charge < -0.3 is 15.5 Å². The first-order valence-electron chi connectivity index (χ1n) is 4.61. The Morgan fingerprint density at radius 3 is 2.73 bits per heavy atom. The van der Waals surface area contributed by atoms with Gasteiger partial charge in [-0.05, 0) is 19.9 Å². The third-order valence-corrected chi connectivity index (χ3v) is 2.97. The lowest BCUT2D eigenvalue weighted by atomic mass is 10.1. The number of carboxylic acids is 1. The molecule has 1 aromatic rings. The van der Waals surface area contributed by atoms with E-state index in [2.05, 4.69) is 5.32 Å². The number of carbonyl (C=O) groups is 1. The molecule has 0 fully saturated rings. The van der Waals surface area contributed by atoms with Crippen LogP contribution in [-0.4, -0.2) is 28.3 Å². The van der Waals surface area contributed by atoms with Crippen molar-refractivity contribution in [2.24, 2.45) is 0 Å². The molecule has 0 aliphatic carbocycles. The van der Waals surface area contributed by atoms with E-state index in [9.17, 15) is 4.79 Å². The van der Waals surface area contributed by atoms with Crippen molar-refractivity contribution < 1.29 is 15.0 Å². The molecule has 1 rings (SSSR count). The summed E-state index contributed by atoms with van der Waals surface area (Å²) in [6.07, 6.45) is 0. The predicted molar refractivity (Wildman–Crippen MR) is 59.3 cm³/mol. The fraction of sp³-hybridized carbons (Fsp3) is 0.500. The maximum absolute atomic E-state index is 10.6. The van der Waals surface area contributed by atoms with Gasteiger partial charge in [0.15, 0.2) is 0 Å². The van der Waals surface area contributed by atoms with Gasteiger partial charge in [-0.15, -0.1) is 11.3 Å². The van der Waals surface area contributed by atoms with Gasteiger partial charge in [0.2, 0.25) is 0 Å². The minimum absolute atomic E-state index is 0.0458. The molecule has 0 aliphatic heterocycles. The molecule has 1 heterocycles. The molecule has 84 valence electrons. The third-order valence-electron chi connectivity index (χ3n) is 2.04. The molecule has 0 aromatic carbocycles. The number of hydrogen-bond acceptors (Lipinski definition) is 4. The van der Waals surface area contributed by atoms with E-state index in [1.54, 1.807) is 11.4 Å². The number of rotatable bonds is 5. The Morgan fingerprint density at radius 1 is 1.60 bits per heavy atom. The zero-order valence-corrected chi connectivity index (χ0v) is 9.60. The van der Waals surface area contributed by atoms with E-state index in [1.165, 1.54) is 11.3 Å². The monoisotopic (exact) mass is 229 g/mol. The maximum atomic E-state index is 10.6. The van der Waals surface area contributed by atoms with Crippen LogP contribution in [0.2, 0.25) is 0 Å². The van der Waals surface area contributed by atoms with Crippen molar-refractivity contribution in [3.05, 3.63) is 21.9 Å². The molecular weight excluding hydrogens is 214 g/mol. The van der Waals surface area contributed by atoms with Gasteiger partial charge in [-0.3, -0.25) is 0 Å². The summed E-state index contributed by atoms with van der Waals surface area (Å²) in [5.74, 6) is -0.904. The van der Waals surface area contributed by atoms with Crippen molar-refractivity contribution in [3.63, 3.8) is 0 Å². The van der Waals surface area contributed by atoms with Gasteiger partial charge in [0.1, 0.15) is 0 Å². The van der Waals surface area contributed by atoms with Crippen LogP contribution in [-0.2, 0) is 6.54 Å². The second-order valence-electron chi connectivity index (χ2n) is 4.00. The summed E-state index contributed by atoms with van der Waals surface area (Å²) >= 11 is 1.40. The lowest BCUT2D eigenvalue weighted by Gasteiger charge is -2.22. The van der Waals surface area contributed by atoms with E-state index in [0.717, 1.165) is 4.88 Å². The highest BCUT2D eigenvalue weighted by Crippen LogP contribution is 2.15. The Morgan fingerprint density at radius 2 is 2.27 bits per heavy atom. The zero-order valence-electron chi connectivity index (χ0n) is 8.78.